The third-order valence-electron chi connectivity index (χ3n) is 4.87. The summed E-state index contributed by atoms with van der Waals surface area (Å²) in [5, 5.41) is 1.70. The molecule has 3 nitrogen and oxygen atoms in total. The van der Waals surface area contributed by atoms with Crippen molar-refractivity contribution in [2.45, 2.75) is 31.7 Å². The lowest BCUT2D eigenvalue weighted by Crippen LogP contribution is -2.61. The fourth-order valence-corrected chi connectivity index (χ4v) is 3.67. The smallest absolute Gasteiger partial charge is 0.259 e. The highest BCUT2D eigenvalue weighted by Crippen LogP contribution is 2.62. The molecule has 0 amide bonds. The third-order valence-corrected chi connectivity index (χ3v) is 4.87. The first-order valence-electron chi connectivity index (χ1n) is 6.83. The number of pyridine rings is 1. The number of aryl methyl sites for hydroxylation is 1. The van der Waals surface area contributed by atoms with Crippen LogP contribution in [0.3, 0.4) is 0 Å². The number of fused-ring (bicyclic) bond motifs is 1. The Bertz CT molecular complexity index is 727. The van der Waals surface area contributed by atoms with E-state index in [1.54, 1.807) is 7.11 Å². The Hall–Kier alpha value is -1.77. The number of nitrogens with zero attached hydrogens (tertiary/aromatic N) is 1. The zero-order valence-corrected chi connectivity index (χ0v) is 11.3. The second kappa shape index (κ2) is 3.41. The van der Waals surface area contributed by atoms with Crippen LogP contribution >= 0.6 is 0 Å². The fraction of sp³-hybridized carbons (Fsp3) is 0.438. The molecule has 1 aromatic heterocycles. The predicted octanol–water partition coefficient (Wildman–Crippen LogP) is 2.83. The van der Waals surface area contributed by atoms with Gasteiger partial charge < -0.3 is 9.30 Å². The van der Waals surface area contributed by atoms with Gasteiger partial charge in [-0.3, -0.25) is 4.79 Å². The molecule has 0 radical (unpaired) electrons. The van der Waals surface area contributed by atoms with Gasteiger partial charge in [-0.2, -0.15) is 0 Å². The zero-order chi connectivity index (χ0) is 13.2. The molecule has 2 aromatic rings. The van der Waals surface area contributed by atoms with Crippen molar-refractivity contribution in [3.8, 4) is 5.75 Å². The van der Waals surface area contributed by atoms with E-state index in [1.807, 2.05) is 35.9 Å². The van der Waals surface area contributed by atoms with Gasteiger partial charge in [0.05, 0.1) is 18.7 Å². The average molecular weight is 255 g/mol. The van der Waals surface area contributed by atoms with E-state index in [0.717, 1.165) is 47.3 Å². The minimum atomic E-state index is 0.104. The summed E-state index contributed by atoms with van der Waals surface area (Å²) in [4.78, 5) is 12.7. The number of ether oxygens (including phenoxy) is 1. The van der Waals surface area contributed by atoms with Crippen LogP contribution in [0.5, 0.6) is 5.75 Å². The average Bonchev–Trinajstić information content (AvgIpc) is 2.29. The molecule has 1 heterocycles. The lowest BCUT2D eigenvalue weighted by Gasteiger charge is -2.62. The zero-order valence-electron chi connectivity index (χ0n) is 11.3. The molecule has 0 spiro atoms. The van der Waals surface area contributed by atoms with Gasteiger partial charge in [0.1, 0.15) is 5.75 Å². The quantitative estimate of drug-likeness (QED) is 0.826. The Kier molecular flexibility index (Phi) is 1.99. The highest BCUT2D eigenvalue weighted by Gasteiger charge is 2.58. The Labute approximate surface area is 111 Å². The van der Waals surface area contributed by atoms with Gasteiger partial charge >= 0.3 is 0 Å². The van der Waals surface area contributed by atoms with Crippen molar-refractivity contribution < 1.29 is 4.74 Å². The van der Waals surface area contributed by atoms with Crippen molar-refractivity contribution in [3.63, 3.8) is 0 Å². The molecule has 0 unspecified atom stereocenters. The lowest BCUT2D eigenvalue weighted by molar-refractivity contribution is -0.0913. The molecule has 98 valence electrons. The van der Waals surface area contributed by atoms with Crippen LogP contribution < -0.4 is 10.3 Å². The minimum Gasteiger partial charge on any atom is -0.495 e. The van der Waals surface area contributed by atoms with Crippen LogP contribution in [-0.2, 0) is 5.54 Å². The molecule has 3 aliphatic rings. The van der Waals surface area contributed by atoms with Crippen LogP contribution in [0.15, 0.2) is 29.2 Å². The number of methoxy groups -OCH3 is 1. The van der Waals surface area contributed by atoms with E-state index in [2.05, 4.69) is 0 Å². The largest absolute Gasteiger partial charge is 0.495 e. The van der Waals surface area contributed by atoms with Crippen LogP contribution in [0.1, 0.15) is 24.8 Å². The van der Waals surface area contributed by atoms with E-state index in [9.17, 15) is 4.79 Å². The molecule has 3 heteroatoms. The molecule has 2 bridgehead atoms. The summed E-state index contributed by atoms with van der Waals surface area (Å²) in [6, 6.07) is 5.98. The highest BCUT2D eigenvalue weighted by atomic mass is 16.5. The van der Waals surface area contributed by atoms with Crippen molar-refractivity contribution in [2.24, 2.45) is 5.92 Å². The maximum atomic E-state index is 12.7. The topological polar surface area (TPSA) is 31.2 Å². The summed E-state index contributed by atoms with van der Waals surface area (Å²) >= 11 is 0. The molecule has 5 rings (SSSR count). The number of rotatable bonds is 2. The summed E-state index contributed by atoms with van der Waals surface area (Å²) in [5.41, 5.74) is 1.35. The van der Waals surface area contributed by atoms with E-state index in [1.165, 1.54) is 0 Å². The number of hydrogen-bond donors (Lipinski definition) is 0. The molecular weight excluding hydrogens is 238 g/mol. The van der Waals surface area contributed by atoms with E-state index in [0.29, 0.717) is 0 Å². The first-order valence-corrected chi connectivity index (χ1v) is 6.83. The highest BCUT2D eigenvalue weighted by molar-refractivity contribution is 5.88. The molecule has 3 fully saturated rings. The standard InChI is InChI=1S/C16H17NO2/c1-10-3-4-12-13(5-10)15(18)17(9-14(12)19-2)16-6-11(7-16)8-16/h3-5,9,11H,6-8H2,1-2H3. The number of aromatic nitrogens is 1. The molecule has 0 aliphatic heterocycles. The molecule has 0 N–H and O–H groups in total. The number of hydrogen-bond acceptors (Lipinski definition) is 2. The summed E-state index contributed by atoms with van der Waals surface area (Å²) in [5.74, 6) is 1.66. The van der Waals surface area contributed by atoms with Gasteiger partial charge in [-0.05, 0) is 38.2 Å². The molecular formula is C16H17NO2. The second-order valence-corrected chi connectivity index (χ2v) is 6.12. The van der Waals surface area contributed by atoms with Crippen LogP contribution in [0.4, 0.5) is 0 Å². The number of benzene rings is 1. The molecule has 0 saturated heterocycles. The monoisotopic (exact) mass is 255 g/mol. The molecule has 0 atom stereocenters. The van der Waals surface area contributed by atoms with Gasteiger partial charge in [0.2, 0.25) is 0 Å². The van der Waals surface area contributed by atoms with Gasteiger partial charge in [-0.25, -0.2) is 0 Å². The van der Waals surface area contributed by atoms with E-state index >= 15 is 0 Å². The van der Waals surface area contributed by atoms with Crippen LogP contribution in [0, 0.1) is 12.8 Å². The van der Waals surface area contributed by atoms with Crippen molar-refractivity contribution in [1.29, 1.82) is 0 Å². The summed E-state index contributed by atoms with van der Waals surface area (Å²) in [6.07, 6.45) is 5.39. The Morgan fingerprint density at radius 3 is 2.58 bits per heavy atom. The van der Waals surface area contributed by atoms with Crippen LogP contribution in [-0.4, -0.2) is 11.7 Å². The van der Waals surface area contributed by atoms with Crippen LogP contribution in [0.2, 0.25) is 0 Å². The lowest BCUT2D eigenvalue weighted by atomic mass is 9.49. The second-order valence-electron chi connectivity index (χ2n) is 6.12. The third kappa shape index (κ3) is 1.30. The first-order chi connectivity index (χ1) is 9.13. The Morgan fingerprint density at radius 1 is 1.26 bits per heavy atom. The summed E-state index contributed by atoms with van der Waals surface area (Å²) in [6.45, 7) is 2.02. The van der Waals surface area contributed by atoms with E-state index in [4.69, 9.17) is 4.74 Å². The molecule has 19 heavy (non-hydrogen) atoms. The van der Waals surface area contributed by atoms with Gasteiger partial charge in [0, 0.05) is 10.9 Å². The van der Waals surface area contributed by atoms with Crippen molar-refractivity contribution in [3.05, 3.63) is 40.3 Å². The summed E-state index contributed by atoms with van der Waals surface area (Å²) in [7, 11) is 1.67. The van der Waals surface area contributed by atoms with Crippen molar-refractivity contribution in [2.75, 3.05) is 7.11 Å². The van der Waals surface area contributed by atoms with Gasteiger partial charge in [-0.15, -0.1) is 0 Å². The Balaban J connectivity index is 2.04. The van der Waals surface area contributed by atoms with Gasteiger partial charge in [0.25, 0.3) is 5.56 Å². The molecule has 3 aliphatic carbocycles. The van der Waals surface area contributed by atoms with Gasteiger partial charge in [-0.1, -0.05) is 17.7 Å². The van der Waals surface area contributed by atoms with E-state index in [-0.39, 0.29) is 11.1 Å². The van der Waals surface area contributed by atoms with Crippen LogP contribution in [0.25, 0.3) is 10.8 Å². The van der Waals surface area contributed by atoms with Crippen molar-refractivity contribution in [1.82, 2.24) is 4.57 Å². The fourth-order valence-electron chi connectivity index (χ4n) is 3.67. The van der Waals surface area contributed by atoms with Crippen molar-refractivity contribution >= 4 is 10.8 Å². The minimum absolute atomic E-state index is 0.104. The Morgan fingerprint density at radius 2 is 2.00 bits per heavy atom. The first kappa shape index (κ1) is 11.1. The van der Waals surface area contributed by atoms with Gasteiger partial charge in [0.15, 0.2) is 0 Å². The normalized spacial score (nSPS) is 27.8. The SMILES string of the molecule is COc1cn(C23CC(C2)C3)c(=O)c2cc(C)ccc12. The maximum absolute atomic E-state index is 12.7. The van der Waals surface area contributed by atoms with E-state index < -0.39 is 0 Å². The molecule has 3 saturated carbocycles. The molecule has 1 aromatic carbocycles. The summed E-state index contributed by atoms with van der Waals surface area (Å²) < 4.78 is 7.42. The maximum Gasteiger partial charge on any atom is 0.259 e. The predicted molar refractivity (Wildman–Crippen MR) is 74.8 cm³/mol.